The van der Waals surface area contributed by atoms with Gasteiger partial charge in [-0.15, -0.1) is 23.2 Å². The number of rotatable bonds is 3. The number of fused-ring (bicyclic) bond motifs is 2. The molecule has 0 unspecified atom stereocenters. The summed E-state index contributed by atoms with van der Waals surface area (Å²) in [7, 11) is 0. The molecule has 0 spiro atoms. The third-order valence-electron chi connectivity index (χ3n) is 3.84. The van der Waals surface area contributed by atoms with E-state index in [2.05, 4.69) is 0 Å². The lowest BCUT2D eigenvalue weighted by molar-refractivity contribution is -0.156. The van der Waals surface area contributed by atoms with Gasteiger partial charge in [-0.3, -0.25) is 9.59 Å². The van der Waals surface area contributed by atoms with Crippen molar-refractivity contribution in [2.24, 2.45) is 5.41 Å². The molecule has 2 aliphatic carbocycles. The number of hydrogen-bond acceptors (Lipinski definition) is 2. The van der Waals surface area contributed by atoms with Gasteiger partial charge in [-0.25, -0.2) is 0 Å². The summed E-state index contributed by atoms with van der Waals surface area (Å²) in [5, 5.41) is 18.0. The van der Waals surface area contributed by atoms with Gasteiger partial charge in [-0.05, 0) is 6.42 Å². The first-order valence-electron chi connectivity index (χ1n) is 5.15. The van der Waals surface area contributed by atoms with Crippen molar-refractivity contribution < 1.29 is 19.8 Å². The Bertz CT molecular complexity index is 560. The van der Waals surface area contributed by atoms with Crippen molar-refractivity contribution in [2.75, 3.05) is 0 Å². The lowest BCUT2D eigenvalue weighted by Gasteiger charge is -2.40. The number of hydrogen-bond donors (Lipinski definition) is 2. The van der Waals surface area contributed by atoms with E-state index in [1.165, 1.54) is 0 Å². The smallest absolute Gasteiger partial charge is 0.312 e. The van der Waals surface area contributed by atoms with E-state index in [1.807, 2.05) is 0 Å². The molecule has 3 atom stereocenters. The van der Waals surface area contributed by atoms with Gasteiger partial charge < -0.3 is 10.2 Å². The predicted molar refractivity (Wildman–Crippen MR) is 77.3 cm³/mol. The van der Waals surface area contributed by atoms with E-state index in [9.17, 15) is 14.7 Å². The summed E-state index contributed by atoms with van der Waals surface area (Å²) >= 11 is 36.8. The largest absolute Gasteiger partial charge is 0.481 e. The minimum Gasteiger partial charge on any atom is -0.481 e. The van der Waals surface area contributed by atoms with Crippen molar-refractivity contribution in [2.45, 2.75) is 26.9 Å². The fourth-order valence-corrected chi connectivity index (χ4v) is 5.83. The zero-order valence-electron chi connectivity index (χ0n) is 9.39. The zero-order valence-corrected chi connectivity index (χ0v) is 13.9. The molecule has 0 saturated heterocycles. The highest BCUT2D eigenvalue weighted by molar-refractivity contribution is 6.66. The summed E-state index contributed by atoms with van der Waals surface area (Å²) in [6.45, 7) is 0. The normalized spacial score (nSPS) is 42.1. The van der Waals surface area contributed by atoms with Crippen molar-refractivity contribution in [3.05, 3.63) is 10.1 Å². The first-order chi connectivity index (χ1) is 8.88. The Morgan fingerprint density at radius 1 is 1.05 bits per heavy atom. The van der Waals surface area contributed by atoms with Crippen molar-refractivity contribution in [3.8, 4) is 0 Å². The molecule has 4 nitrogen and oxygen atoms in total. The van der Waals surface area contributed by atoms with Crippen LogP contribution in [0, 0.1) is 5.41 Å². The monoisotopic (exact) mass is 400 g/mol. The molecule has 1 fully saturated rings. The number of halogens is 6. The molecular weight excluding hydrogens is 397 g/mol. The Morgan fingerprint density at radius 3 is 1.85 bits per heavy atom. The van der Waals surface area contributed by atoms with E-state index in [1.54, 1.807) is 0 Å². The van der Waals surface area contributed by atoms with E-state index in [-0.39, 0.29) is 10.1 Å². The molecule has 1 saturated carbocycles. The molecule has 0 aromatic rings. The SMILES string of the molecule is O=C(O)C[C@@]1(C(=O)O)C[C@]2(Cl)C(Cl)=C(Cl)[C@@]1(Cl)C2(Cl)Cl. The van der Waals surface area contributed by atoms with Crippen molar-refractivity contribution in [3.63, 3.8) is 0 Å². The summed E-state index contributed by atoms with van der Waals surface area (Å²) in [4.78, 5) is 18.8. The molecule has 0 aliphatic heterocycles. The molecule has 20 heavy (non-hydrogen) atoms. The summed E-state index contributed by atoms with van der Waals surface area (Å²) in [5.41, 5.74) is -2.07. The van der Waals surface area contributed by atoms with E-state index in [4.69, 9.17) is 74.7 Å². The third-order valence-corrected chi connectivity index (χ3v) is 8.15. The Hall–Kier alpha value is 0.420. The van der Waals surface area contributed by atoms with Crippen LogP contribution >= 0.6 is 69.6 Å². The molecule has 2 bridgehead atoms. The number of carboxylic acids is 2. The van der Waals surface area contributed by atoms with Gasteiger partial charge in [0.05, 0.1) is 16.5 Å². The lowest BCUT2D eigenvalue weighted by Crippen LogP contribution is -2.53. The molecule has 0 aromatic heterocycles. The molecule has 2 rings (SSSR count). The second-order valence-corrected chi connectivity index (χ2v) is 8.09. The fourth-order valence-electron chi connectivity index (χ4n) is 2.85. The maximum Gasteiger partial charge on any atom is 0.312 e. The van der Waals surface area contributed by atoms with Gasteiger partial charge in [0, 0.05) is 0 Å². The molecule has 0 amide bonds. The molecule has 0 radical (unpaired) electrons. The number of carboxylic acid groups (broad SMARTS) is 2. The molecule has 0 heterocycles. The lowest BCUT2D eigenvalue weighted by atomic mass is 9.72. The van der Waals surface area contributed by atoms with Crippen molar-refractivity contribution >= 4 is 81.5 Å². The second kappa shape index (κ2) is 4.46. The summed E-state index contributed by atoms with van der Waals surface area (Å²) in [6.07, 6.45) is -1.30. The molecule has 2 N–H and O–H groups in total. The molecular formula is C10H6Cl6O4. The molecule has 2 aliphatic rings. The van der Waals surface area contributed by atoms with Crippen molar-refractivity contribution in [1.29, 1.82) is 0 Å². The molecule has 0 aromatic carbocycles. The second-order valence-electron chi connectivity index (χ2n) is 4.80. The van der Waals surface area contributed by atoms with Crippen LogP contribution in [0.3, 0.4) is 0 Å². The van der Waals surface area contributed by atoms with E-state index in [0.29, 0.717) is 0 Å². The Morgan fingerprint density at radius 2 is 1.55 bits per heavy atom. The van der Waals surface area contributed by atoms with E-state index in [0.717, 1.165) is 0 Å². The topological polar surface area (TPSA) is 74.6 Å². The standard InChI is InChI=1S/C10H6Cl6O4/c11-4-5(12)9(14)7(6(19)20,1-3(17)18)2-8(4,13)10(9,15)16/h1-2H2,(H,17,18)(H,19,20)/t7-,8-,9-/m0/s1. The maximum atomic E-state index is 11.7. The third kappa shape index (κ3) is 1.53. The zero-order chi connectivity index (χ0) is 15.7. The van der Waals surface area contributed by atoms with Crippen LogP contribution < -0.4 is 0 Å². The van der Waals surface area contributed by atoms with Crippen LogP contribution in [0.2, 0.25) is 0 Å². The number of allylic oxidation sites excluding steroid dienone is 2. The number of carbonyl (C=O) groups is 2. The highest BCUT2D eigenvalue weighted by atomic mass is 35.5. The minimum atomic E-state index is -2.13. The van der Waals surface area contributed by atoms with Crippen LogP contribution in [-0.2, 0) is 9.59 Å². The Labute approximate surface area is 143 Å². The predicted octanol–water partition coefficient (Wildman–Crippen LogP) is 3.77. The van der Waals surface area contributed by atoms with Gasteiger partial charge in [0.25, 0.3) is 0 Å². The van der Waals surface area contributed by atoms with Crippen molar-refractivity contribution in [1.82, 2.24) is 0 Å². The average Bonchev–Trinajstić information content (AvgIpc) is 2.49. The first kappa shape index (κ1) is 16.8. The highest BCUT2D eigenvalue weighted by Gasteiger charge is 2.85. The summed E-state index contributed by atoms with van der Waals surface area (Å²) < 4.78 is -2.06. The van der Waals surface area contributed by atoms with Crippen LogP contribution in [0.5, 0.6) is 0 Å². The minimum absolute atomic E-state index is 0.164. The Kier molecular flexibility index (Phi) is 3.75. The number of alkyl halides is 4. The first-order valence-corrected chi connectivity index (χ1v) is 7.42. The van der Waals surface area contributed by atoms with E-state index < -0.39 is 44.3 Å². The van der Waals surface area contributed by atoms with Crippen LogP contribution in [-0.4, -0.2) is 36.2 Å². The van der Waals surface area contributed by atoms with Gasteiger partial charge in [0.1, 0.15) is 15.2 Å². The quantitative estimate of drug-likeness (QED) is 0.705. The van der Waals surface area contributed by atoms with Gasteiger partial charge in [-0.2, -0.15) is 0 Å². The Balaban J connectivity index is 2.79. The number of aliphatic carboxylic acids is 2. The van der Waals surface area contributed by atoms with Crippen LogP contribution in [0.1, 0.15) is 12.8 Å². The van der Waals surface area contributed by atoms with Gasteiger partial charge in [0.15, 0.2) is 4.33 Å². The van der Waals surface area contributed by atoms with Crippen LogP contribution in [0.4, 0.5) is 0 Å². The van der Waals surface area contributed by atoms with Gasteiger partial charge in [-0.1, -0.05) is 46.4 Å². The van der Waals surface area contributed by atoms with Crippen LogP contribution in [0.25, 0.3) is 0 Å². The maximum absolute atomic E-state index is 11.7. The highest BCUT2D eigenvalue weighted by Crippen LogP contribution is 2.78. The summed E-state index contributed by atoms with van der Waals surface area (Å²) in [5.74, 6) is -2.91. The van der Waals surface area contributed by atoms with E-state index >= 15 is 0 Å². The average molecular weight is 403 g/mol. The van der Waals surface area contributed by atoms with Crippen LogP contribution in [0.15, 0.2) is 10.1 Å². The molecule has 112 valence electrons. The van der Waals surface area contributed by atoms with Gasteiger partial charge >= 0.3 is 11.9 Å². The fraction of sp³-hybridized carbons (Fsp3) is 0.600. The summed E-state index contributed by atoms with van der Waals surface area (Å²) in [6, 6.07) is 0. The molecule has 10 heteroatoms. The van der Waals surface area contributed by atoms with Gasteiger partial charge in [0.2, 0.25) is 0 Å².